The van der Waals surface area contributed by atoms with E-state index in [0.717, 1.165) is 5.56 Å². The zero-order chi connectivity index (χ0) is 16.4. The molecule has 5 N–H and O–H groups in total. The molecule has 128 valence electrons. The summed E-state index contributed by atoms with van der Waals surface area (Å²) in [5.74, 6) is -0.867. The number of nitrogens with two attached hydrogens (primary N) is 1. The maximum absolute atomic E-state index is 12.5. The van der Waals surface area contributed by atoms with Crippen LogP contribution in [0.3, 0.4) is 0 Å². The number of nitrogens with one attached hydrogen (secondary N) is 3. The molecule has 7 nitrogen and oxygen atoms in total. The second kappa shape index (κ2) is 7.61. The molecule has 0 unspecified atom stereocenters. The van der Waals surface area contributed by atoms with Crippen LogP contribution in [0, 0.1) is 0 Å². The monoisotopic (exact) mass is 367 g/mol. The van der Waals surface area contributed by atoms with E-state index in [1.165, 1.54) is 16.9 Å². The van der Waals surface area contributed by atoms with E-state index in [-0.39, 0.29) is 30.0 Å². The average molecular weight is 368 g/mol. The summed E-state index contributed by atoms with van der Waals surface area (Å²) in [4.78, 5) is 28.0. The van der Waals surface area contributed by atoms with Gasteiger partial charge in [-0.2, -0.15) is 0 Å². The van der Waals surface area contributed by atoms with Gasteiger partial charge in [-0.25, -0.2) is 4.98 Å². The number of anilines is 2. The molecule has 0 bridgehead atoms. The van der Waals surface area contributed by atoms with Crippen molar-refractivity contribution >= 4 is 45.7 Å². The smallest absolute Gasteiger partial charge is 0.270 e. The molecular weight excluding hydrogens is 350 g/mol. The van der Waals surface area contributed by atoms with Crippen LogP contribution >= 0.6 is 23.7 Å². The van der Waals surface area contributed by atoms with E-state index >= 15 is 0 Å². The van der Waals surface area contributed by atoms with Crippen molar-refractivity contribution in [1.29, 1.82) is 0 Å². The highest BCUT2D eigenvalue weighted by Crippen LogP contribution is 2.28. The third kappa shape index (κ3) is 3.66. The molecule has 0 saturated heterocycles. The van der Waals surface area contributed by atoms with Crippen LogP contribution in [0.5, 0.6) is 0 Å². The molecule has 2 amide bonds. The van der Waals surface area contributed by atoms with Crippen molar-refractivity contribution in [3.05, 3.63) is 41.1 Å². The molecule has 0 saturated carbocycles. The molecule has 24 heavy (non-hydrogen) atoms. The lowest BCUT2D eigenvalue weighted by molar-refractivity contribution is -0.118. The van der Waals surface area contributed by atoms with Gasteiger partial charge in [0.05, 0.1) is 6.04 Å². The molecule has 0 aliphatic carbocycles. The van der Waals surface area contributed by atoms with Gasteiger partial charge in [0.25, 0.3) is 5.91 Å². The summed E-state index contributed by atoms with van der Waals surface area (Å²) in [7, 11) is 1.69. The third-order valence-corrected chi connectivity index (χ3v) is 4.70. The number of amides is 2. The minimum Gasteiger partial charge on any atom is -0.365 e. The largest absolute Gasteiger partial charge is 0.365 e. The number of carbonyl (C=O) groups excluding carboxylic acids is 2. The number of carbonyl (C=O) groups is 2. The Kier molecular flexibility index (Phi) is 5.76. The Morgan fingerprint density at radius 1 is 1.33 bits per heavy atom. The fourth-order valence-corrected chi connectivity index (χ4v) is 3.34. The van der Waals surface area contributed by atoms with E-state index in [2.05, 4.69) is 20.9 Å². The van der Waals surface area contributed by atoms with Gasteiger partial charge in [-0.1, -0.05) is 35.6 Å². The Balaban J connectivity index is 0.00000208. The lowest BCUT2D eigenvalue weighted by atomic mass is 9.95. The Bertz CT molecular complexity index is 764. The number of hydrogen-bond donors (Lipinski definition) is 4. The number of rotatable bonds is 4. The number of benzene rings is 1. The van der Waals surface area contributed by atoms with Crippen molar-refractivity contribution in [3.8, 4) is 0 Å². The topological polar surface area (TPSA) is 109 Å². The lowest BCUT2D eigenvalue weighted by Crippen LogP contribution is -2.44. The van der Waals surface area contributed by atoms with Crippen LogP contribution < -0.4 is 21.7 Å². The highest BCUT2D eigenvalue weighted by molar-refractivity contribution is 7.20. The highest BCUT2D eigenvalue weighted by atomic mass is 35.5. The number of fused-ring (bicyclic) bond motifs is 1. The van der Waals surface area contributed by atoms with Gasteiger partial charge in [0.1, 0.15) is 5.00 Å². The van der Waals surface area contributed by atoms with Gasteiger partial charge in [-0.3, -0.25) is 9.59 Å². The maximum atomic E-state index is 12.5. The molecule has 2 heterocycles. The molecule has 1 aromatic carbocycles. The van der Waals surface area contributed by atoms with Gasteiger partial charge in [0.2, 0.25) is 5.91 Å². The SMILES string of the molecule is CNc1nc(C(N)=O)c(NC(=O)[C@H]2Cc3ccccc3CN2)s1.Cl. The number of aromatic nitrogens is 1. The van der Waals surface area contributed by atoms with Crippen molar-refractivity contribution in [2.24, 2.45) is 5.73 Å². The molecule has 1 aromatic heterocycles. The van der Waals surface area contributed by atoms with Crippen molar-refractivity contribution in [3.63, 3.8) is 0 Å². The second-order valence-electron chi connectivity index (χ2n) is 5.21. The van der Waals surface area contributed by atoms with Crippen LogP contribution in [0.1, 0.15) is 21.6 Å². The Labute approximate surface area is 149 Å². The Morgan fingerprint density at radius 2 is 2.04 bits per heavy atom. The zero-order valence-corrected chi connectivity index (χ0v) is 14.6. The molecule has 2 aromatic rings. The van der Waals surface area contributed by atoms with Crippen LogP contribution in [0.25, 0.3) is 0 Å². The molecule has 0 spiro atoms. The van der Waals surface area contributed by atoms with E-state index in [4.69, 9.17) is 5.73 Å². The van der Waals surface area contributed by atoms with Gasteiger partial charge >= 0.3 is 0 Å². The van der Waals surface area contributed by atoms with Crippen LogP contribution in [0.15, 0.2) is 24.3 Å². The molecule has 3 rings (SSSR count). The Hall–Kier alpha value is -2.16. The minimum absolute atomic E-state index is 0. The number of hydrogen-bond acceptors (Lipinski definition) is 6. The quantitative estimate of drug-likeness (QED) is 0.652. The first-order chi connectivity index (χ1) is 11.1. The Morgan fingerprint density at radius 3 is 2.71 bits per heavy atom. The van der Waals surface area contributed by atoms with Crippen LogP contribution in [0.2, 0.25) is 0 Å². The summed E-state index contributed by atoms with van der Waals surface area (Å²) in [5, 5.41) is 9.70. The molecular formula is C15H18ClN5O2S. The van der Waals surface area contributed by atoms with E-state index < -0.39 is 5.91 Å². The minimum atomic E-state index is -0.667. The first-order valence-corrected chi connectivity index (χ1v) is 7.99. The summed E-state index contributed by atoms with van der Waals surface area (Å²) < 4.78 is 0. The third-order valence-electron chi connectivity index (χ3n) is 3.71. The summed E-state index contributed by atoms with van der Waals surface area (Å²) >= 11 is 1.18. The van der Waals surface area contributed by atoms with Gasteiger partial charge in [0.15, 0.2) is 10.8 Å². The summed E-state index contributed by atoms with van der Waals surface area (Å²) in [6.45, 7) is 0.640. The first-order valence-electron chi connectivity index (χ1n) is 7.18. The standard InChI is InChI=1S/C15H17N5O2S.ClH/c1-17-15-19-11(12(16)21)14(23-15)20-13(22)10-6-8-4-2-3-5-9(8)7-18-10;/h2-5,10,18H,6-7H2,1H3,(H2,16,21)(H,17,19)(H,20,22);1H/t10-;/m1./s1. The molecule has 1 aliphatic rings. The number of thiazole rings is 1. The van der Waals surface area contributed by atoms with E-state index in [0.29, 0.717) is 23.1 Å². The summed E-state index contributed by atoms with van der Waals surface area (Å²) in [6.07, 6.45) is 0.603. The van der Waals surface area contributed by atoms with Crippen molar-refractivity contribution in [2.45, 2.75) is 19.0 Å². The molecule has 9 heteroatoms. The van der Waals surface area contributed by atoms with Crippen LogP contribution in [0.4, 0.5) is 10.1 Å². The number of nitrogens with zero attached hydrogens (tertiary/aromatic N) is 1. The molecule has 0 radical (unpaired) electrons. The molecule has 1 aliphatic heterocycles. The van der Waals surface area contributed by atoms with Crippen molar-refractivity contribution in [1.82, 2.24) is 10.3 Å². The second-order valence-corrected chi connectivity index (χ2v) is 6.21. The van der Waals surface area contributed by atoms with E-state index in [1.54, 1.807) is 7.05 Å². The average Bonchev–Trinajstić information content (AvgIpc) is 2.97. The van der Waals surface area contributed by atoms with E-state index in [1.807, 2.05) is 24.3 Å². The van der Waals surface area contributed by atoms with Crippen molar-refractivity contribution in [2.75, 3.05) is 17.7 Å². The fraction of sp³-hybridized carbons (Fsp3) is 0.267. The first kappa shape index (κ1) is 18.2. The molecule has 1 atom stereocenters. The van der Waals surface area contributed by atoms with E-state index in [9.17, 15) is 9.59 Å². The summed E-state index contributed by atoms with van der Waals surface area (Å²) in [5.41, 5.74) is 7.74. The predicted molar refractivity (Wildman–Crippen MR) is 96.8 cm³/mol. The molecule has 0 fully saturated rings. The van der Waals surface area contributed by atoms with Gasteiger partial charge in [0, 0.05) is 13.6 Å². The maximum Gasteiger partial charge on any atom is 0.270 e. The van der Waals surface area contributed by atoms with Gasteiger partial charge < -0.3 is 21.7 Å². The highest BCUT2D eigenvalue weighted by Gasteiger charge is 2.26. The van der Waals surface area contributed by atoms with Gasteiger partial charge in [-0.05, 0) is 17.5 Å². The van der Waals surface area contributed by atoms with Crippen molar-refractivity contribution < 1.29 is 9.59 Å². The number of primary amides is 1. The summed E-state index contributed by atoms with van der Waals surface area (Å²) in [6, 6.07) is 7.66. The van der Waals surface area contributed by atoms with Crippen LogP contribution in [-0.2, 0) is 17.8 Å². The predicted octanol–water partition coefficient (Wildman–Crippen LogP) is 1.36. The fourth-order valence-electron chi connectivity index (χ4n) is 2.52. The normalized spacial score (nSPS) is 15.8. The number of halogens is 1. The van der Waals surface area contributed by atoms with Crippen LogP contribution in [-0.4, -0.2) is 29.9 Å². The zero-order valence-electron chi connectivity index (χ0n) is 13.0. The lowest BCUT2D eigenvalue weighted by Gasteiger charge is -2.25. The van der Waals surface area contributed by atoms with Gasteiger partial charge in [-0.15, -0.1) is 12.4 Å².